The number of carbonyl (C=O) groups is 2. The maximum Gasteiger partial charge on any atom is 0.246 e. The van der Waals surface area contributed by atoms with Crippen molar-refractivity contribution in [2.75, 3.05) is 13.3 Å². The van der Waals surface area contributed by atoms with Crippen molar-refractivity contribution in [1.82, 2.24) is 14.8 Å². The third-order valence-corrected chi connectivity index (χ3v) is 7.27. The number of carbonyl (C=O) groups excluding carboxylic acids is 2. The molecule has 7 nitrogen and oxygen atoms in total. The quantitative estimate of drug-likeness (QED) is 0.500. The van der Waals surface area contributed by atoms with Gasteiger partial charge in [-0.25, -0.2) is 0 Å². The van der Waals surface area contributed by atoms with Gasteiger partial charge in [-0.05, 0) is 34.9 Å². The molecule has 0 bridgehead atoms. The van der Waals surface area contributed by atoms with Gasteiger partial charge < -0.3 is 24.3 Å². The first-order valence-electron chi connectivity index (χ1n) is 11.8. The van der Waals surface area contributed by atoms with Crippen molar-refractivity contribution in [3.8, 4) is 11.5 Å². The van der Waals surface area contributed by atoms with Crippen molar-refractivity contribution in [3.05, 3.63) is 95.2 Å². The van der Waals surface area contributed by atoms with Crippen LogP contribution in [0.4, 0.5) is 0 Å². The third-order valence-electron chi connectivity index (χ3n) is 7.27. The second-order valence-electron chi connectivity index (χ2n) is 9.28. The maximum atomic E-state index is 13.9. The van der Waals surface area contributed by atoms with Crippen LogP contribution in [0, 0.1) is 0 Å². The molecule has 3 aromatic carbocycles. The van der Waals surface area contributed by atoms with Crippen molar-refractivity contribution in [3.63, 3.8) is 0 Å². The normalized spacial score (nSPS) is 20.8. The van der Waals surface area contributed by atoms with Crippen LogP contribution in [0.3, 0.4) is 0 Å². The molecule has 7 heteroatoms. The zero-order valence-corrected chi connectivity index (χ0v) is 18.9. The SMILES string of the molecule is O=C1[C@H]2Cc3c([nH]c4ccccc34)C(c3ccccc3)N2C(=O)CN1Cc1ccc2c(c1)OCO2. The average molecular weight is 466 g/mol. The molecule has 0 saturated carbocycles. The summed E-state index contributed by atoms with van der Waals surface area (Å²) in [6.07, 6.45) is 0.491. The number of H-pyrrole nitrogens is 1. The monoisotopic (exact) mass is 465 g/mol. The van der Waals surface area contributed by atoms with Crippen LogP contribution in [0.1, 0.15) is 28.4 Å². The number of aromatic nitrogens is 1. The first kappa shape index (κ1) is 20.1. The minimum Gasteiger partial charge on any atom is -0.454 e. The Bertz CT molecular complexity index is 1480. The largest absolute Gasteiger partial charge is 0.454 e. The van der Waals surface area contributed by atoms with Gasteiger partial charge in [-0.3, -0.25) is 9.59 Å². The zero-order chi connectivity index (χ0) is 23.5. The smallest absolute Gasteiger partial charge is 0.246 e. The lowest BCUT2D eigenvalue weighted by molar-refractivity contribution is -0.159. The summed E-state index contributed by atoms with van der Waals surface area (Å²) in [5.74, 6) is 1.30. The Morgan fingerprint density at radius 3 is 2.60 bits per heavy atom. The molecule has 1 saturated heterocycles. The molecule has 7 rings (SSSR count). The summed E-state index contributed by atoms with van der Waals surface area (Å²) < 4.78 is 10.9. The molecule has 3 aliphatic heterocycles. The Morgan fingerprint density at radius 1 is 0.914 bits per heavy atom. The Hall–Kier alpha value is -4.26. The molecule has 4 heterocycles. The van der Waals surface area contributed by atoms with Gasteiger partial charge >= 0.3 is 0 Å². The fraction of sp³-hybridized carbons (Fsp3) is 0.214. The minimum atomic E-state index is -0.554. The Morgan fingerprint density at radius 2 is 1.71 bits per heavy atom. The first-order valence-corrected chi connectivity index (χ1v) is 11.8. The third kappa shape index (κ3) is 3.11. The van der Waals surface area contributed by atoms with Crippen LogP contribution in [-0.2, 0) is 22.6 Å². The van der Waals surface area contributed by atoms with E-state index in [9.17, 15) is 9.59 Å². The van der Waals surface area contributed by atoms with Crippen molar-refractivity contribution in [2.45, 2.75) is 25.0 Å². The number of aromatic amines is 1. The summed E-state index contributed by atoms with van der Waals surface area (Å²) in [4.78, 5) is 34.5. The highest BCUT2D eigenvalue weighted by atomic mass is 16.7. The molecule has 2 atom stereocenters. The Labute approximate surface area is 201 Å². The number of nitrogens with zero attached hydrogens (tertiary/aromatic N) is 2. The van der Waals surface area contributed by atoms with E-state index in [1.54, 1.807) is 9.80 Å². The van der Waals surface area contributed by atoms with Gasteiger partial charge in [-0.1, -0.05) is 54.6 Å². The molecule has 1 fully saturated rings. The molecule has 174 valence electrons. The molecular weight excluding hydrogens is 442 g/mol. The van der Waals surface area contributed by atoms with Crippen LogP contribution < -0.4 is 9.47 Å². The lowest BCUT2D eigenvalue weighted by atomic mass is 9.86. The van der Waals surface area contributed by atoms with Gasteiger partial charge in [0.25, 0.3) is 0 Å². The van der Waals surface area contributed by atoms with Crippen molar-refractivity contribution in [1.29, 1.82) is 0 Å². The second-order valence-corrected chi connectivity index (χ2v) is 9.28. The molecule has 0 spiro atoms. The first-order chi connectivity index (χ1) is 17.2. The summed E-state index contributed by atoms with van der Waals surface area (Å²) in [6, 6.07) is 22.9. The van der Waals surface area contributed by atoms with Crippen LogP contribution in [0.15, 0.2) is 72.8 Å². The van der Waals surface area contributed by atoms with Gasteiger partial charge in [-0.15, -0.1) is 0 Å². The summed E-state index contributed by atoms with van der Waals surface area (Å²) in [5.41, 5.74) is 5.04. The van der Waals surface area contributed by atoms with E-state index >= 15 is 0 Å². The molecule has 0 aliphatic carbocycles. The van der Waals surface area contributed by atoms with Gasteiger partial charge in [0.15, 0.2) is 11.5 Å². The molecule has 3 aliphatic rings. The number of nitrogens with one attached hydrogen (secondary N) is 1. The van der Waals surface area contributed by atoms with Crippen LogP contribution in [0.2, 0.25) is 0 Å². The molecule has 2 amide bonds. The molecule has 0 radical (unpaired) electrons. The topological polar surface area (TPSA) is 74.9 Å². The van der Waals surface area contributed by atoms with Crippen LogP contribution >= 0.6 is 0 Å². The minimum absolute atomic E-state index is 0.0286. The summed E-state index contributed by atoms with van der Waals surface area (Å²) in [6.45, 7) is 0.593. The predicted molar refractivity (Wildman–Crippen MR) is 129 cm³/mol. The maximum absolute atomic E-state index is 13.9. The van der Waals surface area contributed by atoms with E-state index in [0.29, 0.717) is 24.5 Å². The highest BCUT2D eigenvalue weighted by molar-refractivity contribution is 5.97. The van der Waals surface area contributed by atoms with E-state index < -0.39 is 6.04 Å². The lowest BCUT2D eigenvalue weighted by Crippen LogP contribution is -2.62. The Balaban J connectivity index is 1.29. The lowest BCUT2D eigenvalue weighted by Gasteiger charge is -2.47. The Kier molecular flexibility index (Phi) is 4.39. The molecule has 1 N–H and O–H groups in total. The molecule has 1 aromatic heterocycles. The van der Waals surface area contributed by atoms with Crippen LogP contribution in [0.5, 0.6) is 11.5 Å². The number of rotatable bonds is 3. The predicted octanol–water partition coefficient (Wildman–Crippen LogP) is 3.78. The summed E-state index contributed by atoms with van der Waals surface area (Å²) in [5, 5.41) is 1.11. The number of fused-ring (bicyclic) bond motifs is 5. The fourth-order valence-electron chi connectivity index (χ4n) is 5.70. The molecule has 1 unspecified atom stereocenters. The van der Waals surface area contributed by atoms with Crippen molar-refractivity contribution >= 4 is 22.7 Å². The molecular formula is C28H23N3O4. The number of hydrogen-bond acceptors (Lipinski definition) is 4. The number of para-hydroxylation sites is 1. The summed E-state index contributed by atoms with van der Waals surface area (Å²) in [7, 11) is 0. The van der Waals surface area contributed by atoms with E-state index in [1.807, 2.05) is 66.7 Å². The standard InChI is InChI=1S/C28H23N3O4/c32-25-15-30(14-17-10-11-23-24(12-17)35-16-34-23)28(33)22-13-20-19-8-4-5-9-21(19)29-26(20)27(31(22)25)18-6-2-1-3-7-18/h1-12,22,27,29H,13-16H2/t22-,27?/m1/s1. The summed E-state index contributed by atoms with van der Waals surface area (Å²) >= 11 is 0. The number of amides is 2. The van der Waals surface area contributed by atoms with Crippen molar-refractivity contribution < 1.29 is 19.1 Å². The van der Waals surface area contributed by atoms with Gasteiger partial charge in [0.05, 0.1) is 6.04 Å². The van der Waals surface area contributed by atoms with E-state index in [-0.39, 0.29) is 31.2 Å². The second kappa shape index (κ2) is 7.63. The van der Waals surface area contributed by atoms with E-state index in [1.165, 1.54) is 0 Å². The van der Waals surface area contributed by atoms with Crippen molar-refractivity contribution in [2.24, 2.45) is 0 Å². The van der Waals surface area contributed by atoms with Gasteiger partial charge in [-0.2, -0.15) is 0 Å². The average Bonchev–Trinajstić information content (AvgIpc) is 3.50. The zero-order valence-electron chi connectivity index (χ0n) is 18.9. The van der Waals surface area contributed by atoms with Gasteiger partial charge in [0.2, 0.25) is 18.6 Å². The van der Waals surface area contributed by atoms with E-state index in [4.69, 9.17) is 9.47 Å². The van der Waals surface area contributed by atoms with E-state index in [0.717, 1.165) is 33.3 Å². The molecule has 35 heavy (non-hydrogen) atoms. The molecule has 4 aromatic rings. The number of piperazine rings is 1. The highest BCUT2D eigenvalue weighted by Gasteiger charge is 2.48. The number of hydrogen-bond donors (Lipinski definition) is 1. The highest BCUT2D eigenvalue weighted by Crippen LogP contribution is 2.42. The van der Waals surface area contributed by atoms with E-state index in [2.05, 4.69) is 11.1 Å². The number of ether oxygens (including phenoxy) is 2. The van der Waals surface area contributed by atoms with Crippen LogP contribution in [0.25, 0.3) is 10.9 Å². The van der Waals surface area contributed by atoms with Gasteiger partial charge in [0, 0.05) is 29.6 Å². The fourth-order valence-corrected chi connectivity index (χ4v) is 5.70. The number of benzene rings is 3. The van der Waals surface area contributed by atoms with Crippen LogP contribution in [-0.4, -0.2) is 46.0 Å². The van der Waals surface area contributed by atoms with Gasteiger partial charge in [0.1, 0.15) is 12.6 Å².